The van der Waals surface area contributed by atoms with Crippen molar-refractivity contribution in [2.24, 2.45) is 0 Å². The van der Waals surface area contributed by atoms with Crippen LogP contribution in [0.3, 0.4) is 0 Å². The first-order valence-electron chi connectivity index (χ1n) is 10.8. The van der Waals surface area contributed by atoms with Crippen LogP contribution in [0.5, 0.6) is 0 Å². The third kappa shape index (κ3) is 6.24. The van der Waals surface area contributed by atoms with Gasteiger partial charge in [0.05, 0.1) is 30.6 Å². The molecule has 2 amide bonds. The van der Waals surface area contributed by atoms with Crippen LogP contribution in [0.15, 0.2) is 12.3 Å². The molecule has 200 valence electrons. The molecule has 0 fully saturated rings. The van der Waals surface area contributed by atoms with Gasteiger partial charge in [-0.15, -0.1) is 0 Å². The number of fused-ring (bicyclic) bond motifs is 3. The molecule has 2 aromatic heterocycles. The second-order valence-electron chi connectivity index (χ2n) is 8.16. The SMILES string of the molecule is COCC(F)F.O=C(Nc1ccnc(C(F)F)c1F)N1CCc2nn3c(c2C1)C(F)(F)CCC(O)C3. The van der Waals surface area contributed by atoms with E-state index in [2.05, 4.69) is 20.1 Å². The molecule has 2 aromatic rings. The number of amides is 2. The van der Waals surface area contributed by atoms with Gasteiger partial charge in [-0.25, -0.2) is 26.7 Å². The fraction of sp³-hybridized carbons (Fsp3) is 0.571. The number of carbonyl (C=O) groups excluding carboxylic acids is 1. The Morgan fingerprint density at radius 3 is 2.67 bits per heavy atom. The minimum atomic E-state index is -3.22. The summed E-state index contributed by atoms with van der Waals surface area (Å²) in [6, 6.07) is 0.221. The van der Waals surface area contributed by atoms with E-state index in [1.807, 2.05) is 0 Å². The number of aliphatic hydroxyl groups excluding tert-OH is 1. The van der Waals surface area contributed by atoms with Crippen LogP contribution in [0.4, 0.5) is 41.2 Å². The number of hydrogen-bond donors (Lipinski definition) is 2. The Morgan fingerprint density at radius 2 is 2.06 bits per heavy atom. The highest BCUT2D eigenvalue weighted by atomic mass is 19.3. The standard InChI is InChI=1S/C18H18F5N5O2.C3H6F2O/c19-13-12(2-5-24-14(13)16(20)21)25-17(30)27-6-3-11-10(8-27)15-18(22,23)4-1-9(29)7-28(15)26-11;1-6-2-3(4)5/h2,5,9,16,29H,1,3-4,6-8H2,(H,24,25,30);3H,2H2,1H3. The van der Waals surface area contributed by atoms with Crippen LogP contribution in [-0.2, 0) is 30.2 Å². The number of anilines is 1. The van der Waals surface area contributed by atoms with Crippen molar-refractivity contribution in [3.63, 3.8) is 0 Å². The number of nitrogens with zero attached hydrogens (tertiary/aromatic N) is 4. The highest BCUT2D eigenvalue weighted by Gasteiger charge is 2.43. The lowest BCUT2D eigenvalue weighted by molar-refractivity contribution is -0.0248. The monoisotopic (exact) mass is 527 g/mol. The van der Waals surface area contributed by atoms with E-state index in [9.17, 15) is 40.6 Å². The Hall–Kier alpha value is -2.94. The number of methoxy groups -OCH3 is 1. The van der Waals surface area contributed by atoms with Crippen LogP contribution in [0.25, 0.3) is 0 Å². The highest BCUT2D eigenvalue weighted by Crippen LogP contribution is 2.40. The zero-order valence-corrected chi connectivity index (χ0v) is 19.0. The Balaban J connectivity index is 0.000000538. The maximum atomic E-state index is 14.7. The lowest BCUT2D eigenvalue weighted by Gasteiger charge is -2.28. The van der Waals surface area contributed by atoms with E-state index >= 15 is 0 Å². The average molecular weight is 527 g/mol. The molecule has 0 spiro atoms. The minimum Gasteiger partial charge on any atom is -0.391 e. The first-order chi connectivity index (χ1) is 16.9. The third-order valence-electron chi connectivity index (χ3n) is 5.57. The molecule has 0 bridgehead atoms. The van der Waals surface area contributed by atoms with E-state index in [-0.39, 0.29) is 43.7 Å². The number of urea groups is 1. The van der Waals surface area contributed by atoms with Crippen LogP contribution < -0.4 is 5.32 Å². The van der Waals surface area contributed by atoms with Crippen molar-refractivity contribution in [1.29, 1.82) is 0 Å². The van der Waals surface area contributed by atoms with Gasteiger partial charge in [-0.05, 0) is 12.5 Å². The molecule has 36 heavy (non-hydrogen) atoms. The summed E-state index contributed by atoms with van der Waals surface area (Å²) < 4.78 is 96.1. The van der Waals surface area contributed by atoms with Gasteiger partial charge in [0.15, 0.2) is 5.82 Å². The van der Waals surface area contributed by atoms with Gasteiger partial charge in [-0.3, -0.25) is 9.67 Å². The molecular formula is C21H24F7N5O3. The van der Waals surface area contributed by atoms with Gasteiger partial charge in [0.25, 0.3) is 18.8 Å². The first kappa shape index (κ1) is 27.6. The minimum absolute atomic E-state index is 0.0667. The summed E-state index contributed by atoms with van der Waals surface area (Å²) in [6.07, 6.45) is -5.92. The molecule has 1 unspecified atom stereocenters. The lowest BCUT2D eigenvalue weighted by Crippen LogP contribution is -2.39. The zero-order chi connectivity index (χ0) is 26.6. The number of nitrogens with one attached hydrogen (secondary N) is 1. The fourth-order valence-corrected chi connectivity index (χ4v) is 3.93. The van der Waals surface area contributed by atoms with Crippen LogP contribution in [0.2, 0.25) is 0 Å². The molecule has 0 saturated heterocycles. The van der Waals surface area contributed by atoms with Crippen molar-refractivity contribution >= 4 is 11.7 Å². The van der Waals surface area contributed by atoms with Crippen molar-refractivity contribution in [2.45, 2.75) is 57.2 Å². The first-order valence-corrected chi connectivity index (χ1v) is 10.8. The van der Waals surface area contributed by atoms with Crippen molar-refractivity contribution < 1.29 is 45.4 Å². The Morgan fingerprint density at radius 1 is 1.33 bits per heavy atom. The number of rotatable bonds is 4. The summed E-state index contributed by atoms with van der Waals surface area (Å²) in [6.45, 7) is -0.600. The van der Waals surface area contributed by atoms with E-state index in [0.717, 1.165) is 16.9 Å². The predicted octanol–water partition coefficient (Wildman–Crippen LogP) is 4.09. The Kier molecular flexibility index (Phi) is 8.76. The van der Waals surface area contributed by atoms with E-state index < -0.39 is 61.1 Å². The van der Waals surface area contributed by atoms with Crippen LogP contribution in [0, 0.1) is 5.82 Å². The molecule has 0 aliphatic carbocycles. The highest BCUT2D eigenvalue weighted by molar-refractivity contribution is 5.89. The van der Waals surface area contributed by atoms with E-state index in [0.29, 0.717) is 5.69 Å². The normalized spacial score (nSPS) is 18.8. The van der Waals surface area contributed by atoms with Gasteiger partial charge in [0, 0.05) is 38.3 Å². The second-order valence-corrected chi connectivity index (χ2v) is 8.16. The van der Waals surface area contributed by atoms with Gasteiger partial charge in [0.1, 0.15) is 18.0 Å². The number of alkyl halides is 6. The fourth-order valence-electron chi connectivity index (χ4n) is 3.93. The van der Waals surface area contributed by atoms with E-state index in [1.165, 1.54) is 12.0 Å². The molecule has 2 aliphatic heterocycles. The average Bonchev–Trinajstić information content (AvgIpc) is 3.11. The van der Waals surface area contributed by atoms with E-state index in [4.69, 9.17) is 0 Å². The number of ether oxygens (including phenoxy) is 1. The summed E-state index contributed by atoms with van der Waals surface area (Å²) in [5.74, 6) is -4.57. The van der Waals surface area contributed by atoms with Crippen LogP contribution in [-0.4, -0.2) is 63.6 Å². The summed E-state index contributed by atoms with van der Waals surface area (Å²) in [5, 5.41) is 16.2. The number of hydrogen-bond acceptors (Lipinski definition) is 5. The Labute approximate surface area is 201 Å². The summed E-state index contributed by atoms with van der Waals surface area (Å²) >= 11 is 0. The molecule has 8 nitrogen and oxygen atoms in total. The van der Waals surface area contributed by atoms with Gasteiger partial charge in [-0.1, -0.05) is 0 Å². The van der Waals surface area contributed by atoms with Crippen molar-refractivity contribution in [2.75, 3.05) is 25.6 Å². The summed E-state index contributed by atoms with van der Waals surface area (Å²) in [5.41, 5.74) is -1.29. The van der Waals surface area contributed by atoms with Gasteiger partial charge in [-0.2, -0.15) is 13.9 Å². The summed E-state index contributed by atoms with van der Waals surface area (Å²) in [4.78, 5) is 17.0. The van der Waals surface area contributed by atoms with Gasteiger partial charge in [0.2, 0.25) is 0 Å². The van der Waals surface area contributed by atoms with E-state index in [1.54, 1.807) is 0 Å². The van der Waals surface area contributed by atoms with Crippen molar-refractivity contribution in [3.05, 3.63) is 40.7 Å². The number of pyridine rings is 1. The van der Waals surface area contributed by atoms with Gasteiger partial charge >= 0.3 is 6.03 Å². The second kappa shape index (κ2) is 11.4. The molecule has 0 radical (unpaired) electrons. The van der Waals surface area contributed by atoms with Gasteiger partial charge < -0.3 is 20.1 Å². The van der Waals surface area contributed by atoms with Crippen molar-refractivity contribution in [3.8, 4) is 0 Å². The largest absolute Gasteiger partial charge is 0.391 e. The molecular weight excluding hydrogens is 503 g/mol. The molecule has 0 saturated carbocycles. The molecule has 1 atom stereocenters. The third-order valence-corrected chi connectivity index (χ3v) is 5.57. The number of aromatic nitrogens is 3. The maximum absolute atomic E-state index is 14.7. The molecule has 4 rings (SSSR count). The maximum Gasteiger partial charge on any atom is 0.322 e. The zero-order valence-electron chi connectivity index (χ0n) is 19.0. The number of halogens is 7. The smallest absolute Gasteiger partial charge is 0.322 e. The molecule has 2 aliphatic rings. The molecule has 4 heterocycles. The summed E-state index contributed by atoms with van der Waals surface area (Å²) in [7, 11) is 1.24. The predicted molar refractivity (Wildman–Crippen MR) is 112 cm³/mol. The quantitative estimate of drug-likeness (QED) is 0.585. The lowest BCUT2D eigenvalue weighted by atomic mass is 10.00. The Bertz CT molecular complexity index is 1070. The molecule has 2 N–H and O–H groups in total. The molecule has 0 aromatic carbocycles. The van der Waals surface area contributed by atoms with Crippen molar-refractivity contribution in [1.82, 2.24) is 19.7 Å². The van der Waals surface area contributed by atoms with Crippen LogP contribution in [0.1, 0.15) is 41.9 Å². The number of carbonyl (C=O) groups is 1. The molecule has 15 heteroatoms. The van der Waals surface area contributed by atoms with Crippen LogP contribution >= 0.6 is 0 Å². The number of aliphatic hydroxyl groups is 1. The topological polar surface area (TPSA) is 92.5 Å².